The number of rotatable bonds is 0. The minimum absolute atomic E-state index is 0.252. The minimum atomic E-state index is 0.252. The zero-order valence-electron chi connectivity index (χ0n) is 6.36. The van der Waals surface area contributed by atoms with E-state index in [0.717, 1.165) is 26.1 Å². The third-order valence-corrected chi connectivity index (χ3v) is 2.77. The lowest BCUT2D eigenvalue weighted by molar-refractivity contribution is -0.152. The van der Waals surface area contributed by atoms with Crippen molar-refractivity contribution >= 4 is 0 Å². The van der Waals surface area contributed by atoms with E-state index in [4.69, 9.17) is 14.2 Å². The van der Waals surface area contributed by atoms with Gasteiger partial charge in [-0.15, -0.1) is 0 Å². The molecule has 3 rings (SSSR count). The van der Waals surface area contributed by atoms with E-state index in [9.17, 15) is 0 Å². The summed E-state index contributed by atoms with van der Waals surface area (Å²) in [6, 6.07) is 0. The van der Waals surface area contributed by atoms with Gasteiger partial charge in [0.25, 0.3) is 0 Å². The van der Waals surface area contributed by atoms with Gasteiger partial charge in [0.05, 0.1) is 25.4 Å². The fourth-order valence-corrected chi connectivity index (χ4v) is 2.15. The van der Waals surface area contributed by atoms with Crippen LogP contribution in [0.4, 0.5) is 0 Å². The number of hydrogen-bond donors (Lipinski definition) is 0. The Balaban J connectivity index is 1.76. The zero-order chi connectivity index (χ0) is 7.26. The summed E-state index contributed by atoms with van der Waals surface area (Å²) in [6.45, 7) is 1.51. The zero-order valence-corrected chi connectivity index (χ0v) is 6.36. The van der Waals surface area contributed by atoms with Crippen LogP contribution in [0.2, 0.25) is 0 Å². The fourth-order valence-electron chi connectivity index (χ4n) is 2.15. The first-order chi connectivity index (χ1) is 5.45. The van der Waals surface area contributed by atoms with Gasteiger partial charge in [-0.05, 0) is 12.8 Å². The van der Waals surface area contributed by atoms with Gasteiger partial charge in [-0.1, -0.05) is 0 Å². The molecule has 1 saturated carbocycles. The van der Waals surface area contributed by atoms with Crippen LogP contribution in [0.15, 0.2) is 0 Å². The molecule has 0 bridgehead atoms. The molecular weight excluding hydrogens is 144 g/mol. The van der Waals surface area contributed by atoms with Crippen LogP contribution in [0.25, 0.3) is 0 Å². The van der Waals surface area contributed by atoms with Crippen molar-refractivity contribution in [2.75, 3.05) is 13.2 Å². The third kappa shape index (κ3) is 0.916. The molecule has 2 heterocycles. The highest BCUT2D eigenvalue weighted by Crippen LogP contribution is 2.40. The van der Waals surface area contributed by atoms with Gasteiger partial charge in [0, 0.05) is 0 Å². The molecule has 0 aromatic carbocycles. The monoisotopic (exact) mass is 156 g/mol. The van der Waals surface area contributed by atoms with Crippen LogP contribution in [-0.4, -0.2) is 37.6 Å². The maximum Gasteiger partial charge on any atom is 0.113 e. The molecule has 3 fully saturated rings. The maximum atomic E-state index is 5.59. The molecule has 4 unspecified atom stereocenters. The first-order valence-electron chi connectivity index (χ1n) is 4.34. The molecule has 2 aliphatic heterocycles. The molecule has 11 heavy (non-hydrogen) atoms. The molecule has 1 aliphatic carbocycles. The van der Waals surface area contributed by atoms with E-state index in [-0.39, 0.29) is 6.10 Å². The molecular formula is C8H12O3. The van der Waals surface area contributed by atoms with Crippen LogP contribution in [0, 0.1) is 0 Å². The molecule has 3 heteroatoms. The standard InChI is InChI=1S/C8H12O3/c1-2-6-8(11-6)7-5(1)9-3-4-10-7/h5-8H,1-4H2. The van der Waals surface area contributed by atoms with Crippen molar-refractivity contribution in [3.63, 3.8) is 0 Å². The highest BCUT2D eigenvalue weighted by Gasteiger charge is 2.53. The summed E-state index contributed by atoms with van der Waals surface area (Å²) in [4.78, 5) is 0. The first-order valence-corrected chi connectivity index (χ1v) is 4.34. The number of ether oxygens (including phenoxy) is 3. The Morgan fingerprint density at radius 3 is 2.64 bits per heavy atom. The van der Waals surface area contributed by atoms with Crippen molar-refractivity contribution in [1.29, 1.82) is 0 Å². The van der Waals surface area contributed by atoms with Gasteiger partial charge in [-0.2, -0.15) is 0 Å². The van der Waals surface area contributed by atoms with Crippen molar-refractivity contribution in [2.24, 2.45) is 0 Å². The van der Waals surface area contributed by atoms with Gasteiger partial charge in [-0.25, -0.2) is 0 Å². The Morgan fingerprint density at radius 1 is 0.818 bits per heavy atom. The van der Waals surface area contributed by atoms with Crippen LogP contribution < -0.4 is 0 Å². The maximum absolute atomic E-state index is 5.59. The summed E-state index contributed by atoms with van der Waals surface area (Å²) < 4.78 is 16.6. The van der Waals surface area contributed by atoms with Crippen LogP contribution in [0.5, 0.6) is 0 Å². The second kappa shape index (κ2) is 2.19. The summed E-state index contributed by atoms with van der Waals surface area (Å²) in [5.41, 5.74) is 0. The molecule has 62 valence electrons. The Hall–Kier alpha value is -0.120. The molecule has 0 spiro atoms. The van der Waals surface area contributed by atoms with Crippen molar-refractivity contribution < 1.29 is 14.2 Å². The highest BCUT2D eigenvalue weighted by molar-refractivity contribution is 5.01. The van der Waals surface area contributed by atoms with Crippen LogP contribution >= 0.6 is 0 Å². The lowest BCUT2D eigenvalue weighted by Gasteiger charge is -2.33. The van der Waals surface area contributed by atoms with E-state index in [1.165, 1.54) is 0 Å². The second-order valence-corrected chi connectivity index (χ2v) is 3.46. The fraction of sp³-hybridized carbons (Fsp3) is 1.00. The summed E-state index contributed by atoms with van der Waals surface area (Å²) in [6.07, 6.45) is 3.73. The normalized spacial score (nSPS) is 54.5. The predicted octanol–water partition coefficient (Wildman–Crippen LogP) is 0.332. The first kappa shape index (κ1) is 6.40. The molecule has 0 radical (unpaired) electrons. The molecule has 0 aromatic rings. The van der Waals surface area contributed by atoms with E-state index in [1.54, 1.807) is 0 Å². The van der Waals surface area contributed by atoms with Gasteiger partial charge in [0.15, 0.2) is 0 Å². The van der Waals surface area contributed by atoms with Gasteiger partial charge < -0.3 is 14.2 Å². The van der Waals surface area contributed by atoms with Gasteiger partial charge in [0.2, 0.25) is 0 Å². The minimum Gasteiger partial charge on any atom is -0.373 e. The third-order valence-electron chi connectivity index (χ3n) is 2.77. The molecule has 0 aromatic heterocycles. The Labute approximate surface area is 65.6 Å². The lowest BCUT2D eigenvalue weighted by Crippen LogP contribution is -2.45. The predicted molar refractivity (Wildman–Crippen MR) is 37.4 cm³/mol. The second-order valence-electron chi connectivity index (χ2n) is 3.46. The van der Waals surface area contributed by atoms with Crippen LogP contribution in [0.3, 0.4) is 0 Å². The molecule has 2 saturated heterocycles. The summed E-state index contributed by atoms with van der Waals surface area (Å²) in [7, 11) is 0. The van der Waals surface area contributed by atoms with E-state index >= 15 is 0 Å². The number of epoxide rings is 1. The van der Waals surface area contributed by atoms with E-state index in [1.807, 2.05) is 0 Å². The smallest absolute Gasteiger partial charge is 0.113 e. The quantitative estimate of drug-likeness (QED) is 0.474. The summed E-state index contributed by atoms with van der Waals surface area (Å²) >= 11 is 0. The summed E-state index contributed by atoms with van der Waals surface area (Å²) in [5, 5.41) is 0. The Bertz CT molecular complexity index is 171. The van der Waals surface area contributed by atoms with E-state index in [0.29, 0.717) is 18.3 Å². The lowest BCUT2D eigenvalue weighted by atomic mass is 9.94. The average molecular weight is 156 g/mol. The SMILES string of the molecule is C1COC2C(CCC3OC32)O1. The van der Waals surface area contributed by atoms with Gasteiger partial charge in [-0.3, -0.25) is 0 Å². The van der Waals surface area contributed by atoms with Gasteiger partial charge >= 0.3 is 0 Å². The van der Waals surface area contributed by atoms with Crippen LogP contribution in [-0.2, 0) is 14.2 Å². The van der Waals surface area contributed by atoms with Crippen molar-refractivity contribution in [2.45, 2.75) is 37.3 Å². The molecule has 4 atom stereocenters. The average Bonchev–Trinajstić information content (AvgIpc) is 2.83. The van der Waals surface area contributed by atoms with E-state index in [2.05, 4.69) is 0 Å². The van der Waals surface area contributed by atoms with E-state index < -0.39 is 0 Å². The van der Waals surface area contributed by atoms with Crippen molar-refractivity contribution in [3.05, 3.63) is 0 Å². The molecule has 3 aliphatic rings. The van der Waals surface area contributed by atoms with Crippen molar-refractivity contribution in [1.82, 2.24) is 0 Å². The Kier molecular flexibility index (Phi) is 1.27. The largest absolute Gasteiger partial charge is 0.373 e. The number of hydrogen-bond acceptors (Lipinski definition) is 3. The number of fused-ring (bicyclic) bond motifs is 3. The van der Waals surface area contributed by atoms with Crippen molar-refractivity contribution in [3.8, 4) is 0 Å². The van der Waals surface area contributed by atoms with Gasteiger partial charge in [0.1, 0.15) is 12.2 Å². The molecule has 3 nitrogen and oxygen atoms in total. The highest BCUT2D eigenvalue weighted by atomic mass is 16.6. The topological polar surface area (TPSA) is 31.0 Å². The Morgan fingerprint density at radius 2 is 1.64 bits per heavy atom. The molecule has 0 N–H and O–H groups in total. The van der Waals surface area contributed by atoms with Crippen LogP contribution in [0.1, 0.15) is 12.8 Å². The molecule has 0 amide bonds. The summed E-state index contributed by atoms with van der Waals surface area (Å²) in [5.74, 6) is 0.